The fourth-order valence-corrected chi connectivity index (χ4v) is 2.18. The van der Waals surface area contributed by atoms with Gasteiger partial charge in [-0.15, -0.1) is 0 Å². The Labute approximate surface area is 137 Å². The highest BCUT2D eigenvalue weighted by Gasteiger charge is 2.25. The molecule has 0 aliphatic carbocycles. The first-order chi connectivity index (χ1) is 10.6. The minimum absolute atomic E-state index is 0.00300. The molecule has 0 fully saturated rings. The molecule has 0 aromatic heterocycles. The van der Waals surface area contributed by atoms with E-state index < -0.39 is 12.0 Å². The number of nitrogens with one attached hydrogen (secondary N) is 1. The normalized spacial score (nSPS) is 12.4. The zero-order chi connectivity index (χ0) is 17.6. The van der Waals surface area contributed by atoms with Crippen LogP contribution in [0.2, 0.25) is 0 Å². The Kier molecular flexibility index (Phi) is 6.49. The second kappa shape index (κ2) is 7.90. The Morgan fingerprint density at radius 2 is 1.70 bits per heavy atom. The second-order valence-electron chi connectivity index (χ2n) is 6.45. The number of rotatable bonds is 6. The highest BCUT2D eigenvalue weighted by atomic mass is 16.5. The SMILES string of the molecule is CCOC(=O)CC(=O)C(NC(C)=O)c1ccc(C(C)(C)C)cc1. The Balaban J connectivity index is 2.99. The number of ketones is 1. The van der Waals surface area contributed by atoms with Gasteiger partial charge in [0.2, 0.25) is 5.91 Å². The van der Waals surface area contributed by atoms with Crippen LogP contribution in [-0.2, 0) is 24.5 Å². The predicted molar refractivity (Wildman–Crippen MR) is 88.0 cm³/mol. The van der Waals surface area contributed by atoms with E-state index in [1.54, 1.807) is 6.92 Å². The van der Waals surface area contributed by atoms with Crippen molar-refractivity contribution in [3.8, 4) is 0 Å². The lowest BCUT2D eigenvalue weighted by atomic mass is 9.86. The van der Waals surface area contributed by atoms with Gasteiger partial charge >= 0.3 is 5.97 Å². The lowest BCUT2D eigenvalue weighted by Gasteiger charge is -2.21. The molecule has 0 heterocycles. The van der Waals surface area contributed by atoms with Crippen LogP contribution in [0.15, 0.2) is 24.3 Å². The largest absolute Gasteiger partial charge is 0.466 e. The minimum Gasteiger partial charge on any atom is -0.466 e. The first-order valence-corrected chi connectivity index (χ1v) is 7.71. The number of amides is 1. The monoisotopic (exact) mass is 319 g/mol. The lowest BCUT2D eigenvalue weighted by Crippen LogP contribution is -2.33. The summed E-state index contributed by atoms with van der Waals surface area (Å²) in [5.74, 6) is -1.30. The van der Waals surface area contributed by atoms with Crippen molar-refractivity contribution in [2.24, 2.45) is 0 Å². The molecular weight excluding hydrogens is 294 g/mol. The van der Waals surface area contributed by atoms with Crippen molar-refractivity contribution >= 4 is 17.7 Å². The van der Waals surface area contributed by atoms with Crippen molar-refractivity contribution in [3.05, 3.63) is 35.4 Å². The fraction of sp³-hybridized carbons (Fsp3) is 0.500. The molecule has 0 saturated heterocycles. The third kappa shape index (κ3) is 5.85. The first kappa shape index (κ1) is 18.9. The zero-order valence-electron chi connectivity index (χ0n) is 14.4. The number of carbonyl (C=O) groups excluding carboxylic acids is 3. The lowest BCUT2D eigenvalue weighted by molar-refractivity contribution is -0.146. The topological polar surface area (TPSA) is 72.5 Å². The van der Waals surface area contributed by atoms with Crippen molar-refractivity contribution in [2.45, 2.75) is 52.5 Å². The van der Waals surface area contributed by atoms with Crippen LogP contribution in [-0.4, -0.2) is 24.3 Å². The zero-order valence-corrected chi connectivity index (χ0v) is 14.4. The summed E-state index contributed by atoms with van der Waals surface area (Å²) in [6, 6.07) is 6.64. The number of esters is 1. The van der Waals surface area contributed by atoms with E-state index in [1.165, 1.54) is 6.92 Å². The minimum atomic E-state index is -0.842. The number of Topliss-reactive ketones (excluding diaryl/α,β-unsaturated/α-hetero) is 1. The van der Waals surface area contributed by atoms with Crippen LogP contribution in [0.4, 0.5) is 0 Å². The Morgan fingerprint density at radius 1 is 1.13 bits per heavy atom. The summed E-state index contributed by atoms with van der Waals surface area (Å²) < 4.78 is 4.79. The molecule has 0 aliphatic heterocycles. The van der Waals surface area contributed by atoms with E-state index in [4.69, 9.17) is 4.74 Å². The summed E-state index contributed by atoms with van der Waals surface area (Å²) in [7, 11) is 0. The molecule has 5 heteroatoms. The molecule has 0 aliphatic rings. The quantitative estimate of drug-likeness (QED) is 0.646. The molecule has 1 N–H and O–H groups in total. The van der Waals surface area contributed by atoms with Crippen molar-refractivity contribution in [1.82, 2.24) is 5.32 Å². The maximum Gasteiger partial charge on any atom is 0.313 e. The third-order valence-corrected chi connectivity index (χ3v) is 3.40. The molecule has 1 atom stereocenters. The standard InChI is InChI=1S/C18H25NO4/c1-6-23-16(22)11-15(21)17(19-12(2)20)13-7-9-14(10-8-13)18(3,4)5/h7-10,17H,6,11H2,1-5H3,(H,19,20). The summed E-state index contributed by atoms with van der Waals surface area (Å²) in [4.78, 5) is 35.2. The molecule has 1 rings (SSSR count). The molecule has 23 heavy (non-hydrogen) atoms. The van der Waals surface area contributed by atoms with E-state index in [1.807, 2.05) is 24.3 Å². The third-order valence-electron chi connectivity index (χ3n) is 3.40. The molecule has 0 bridgehead atoms. The van der Waals surface area contributed by atoms with Crippen LogP contribution >= 0.6 is 0 Å². The number of carbonyl (C=O) groups is 3. The van der Waals surface area contributed by atoms with Gasteiger partial charge in [0.15, 0.2) is 5.78 Å². The van der Waals surface area contributed by atoms with Gasteiger partial charge in [0.1, 0.15) is 12.5 Å². The van der Waals surface area contributed by atoms with E-state index in [-0.39, 0.29) is 30.1 Å². The molecule has 1 amide bonds. The summed E-state index contributed by atoms with van der Waals surface area (Å²) in [5, 5.41) is 2.61. The molecule has 1 unspecified atom stereocenters. The van der Waals surface area contributed by atoms with Gasteiger partial charge < -0.3 is 10.1 Å². The van der Waals surface area contributed by atoms with Gasteiger partial charge in [-0.05, 0) is 23.5 Å². The van der Waals surface area contributed by atoms with E-state index in [0.29, 0.717) is 5.56 Å². The average molecular weight is 319 g/mol. The number of ether oxygens (including phenoxy) is 1. The van der Waals surface area contributed by atoms with Crippen LogP contribution < -0.4 is 5.32 Å². The van der Waals surface area contributed by atoms with E-state index in [9.17, 15) is 14.4 Å². The fourth-order valence-electron chi connectivity index (χ4n) is 2.18. The van der Waals surface area contributed by atoms with Crippen LogP contribution in [0.5, 0.6) is 0 Å². The van der Waals surface area contributed by atoms with Gasteiger partial charge in [-0.1, -0.05) is 45.0 Å². The van der Waals surface area contributed by atoms with Crippen molar-refractivity contribution in [1.29, 1.82) is 0 Å². The van der Waals surface area contributed by atoms with Gasteiger partial charge in [0, 0.05) is 6.92 Å². The smallest absolute Gasteiger partial charge is 0.313 e. The number of hydrogen-bond donors (Lipinski definition) is 1. The molecule has 0 spiro atoms. The molecule has 0 radical (unpaired) electrons. The summed E-state index contributed by atoms with van der Waals surface area (Å²) in [5.41, 5.74) is 1.78. The predicted octanol–water partition coefficient (Wildman–Crippen LogP) is 2.68. The summed E-state index contributed by atoms with van der Waals surface area (Å²) >= 11 is 0. The maximum atomic E-state index is 12.3. The van der Waals surface area contributed by atoms with E-state index in [0.717, 1.165) is 5.56 Å². The molecule has 126 valence electrons. The van der Waals surface area contributed by atoms with Gasteiger partial charge in [-0.25, -0.2) is 0 Å². The Bertz CT molecular complexity index is 570. The van der Waals surface area contributed by atoms with Gasteiger partial charge in [0.25, 0.3) is 0 Å². The van der Waals surface area contributed by atoms with Crippen molar-refractivity contribution in [2.75, 3.05) is 6.61 Å². The molecule has 1 aromatic carbocycles. The van der Waals surface area contributed by atoms with E-state index >= 15 is 0 Å². The van der Waals surface area contributed by atoms with Crippen LogP contribution in [0, 0.1) is 0 Å². The maximum absolute atomic E-state index is 12.3. The first-order valence-electron chi connectivity index (χ1n) is 7.71. The summed E-state index contributed by atoms with van der Waals surface area (Å²) in [6.45, 7) is 9.53. The Hall–Kier alpha value is -2.17. The van der Waals surface area contributed by atoms with Crippen LogP contribution in [0.1, 0.15) is 58.2 Å². The molecule has 1 aromatic rings. The molecular formula is C18H25NO4. The van der Waals surface area contributed by atoms with Crippen molar-refractivity contribution < 1.29 is 19.1 Å². The number of hydrogen-bond acceptors (Lipinski definition) is 4. The Morgan fingerprint density at radius 3 is 2.13 bits per heavy atom. The second-order valence-corrected chi connectivity index (χ2v) is 6.45. The molecule has 5 nitrogen and oxygen atoms in total. The van der Waals surface area contributed by atoms with Gasteiger partial charge in [-0.2, -0.15) is 0 Å². The van der Waals surface area contributed by atoms with Gasteiger partial charge in [-0.3, -0.25) is 14.4 Å². The summed E-state index contributed by atoms with van der Waals surface area (Å²) in [6.07, 6.45) is -0.361. The van der Waals surface area contributed by atoms with Crippen molar-refractivity contribution in [3.63, 3.8) is 0 Å². The molecule has 0 saturated carbocycles. The number of benzene rings is 1. The van der Waals surface area contributed by atoms with Gasteiger partial charge in [0.05, 0.1) is 6.61 Å². The highest BCUT2D eigenvalue weighted by molar-refractivity contribution is 6.00. The van der Waals surface area contributed by atoms with Crippen LogP contribution in [0.3, 0.4) is 0 Å². The average Bonchev–Trinajstić information content (AvgIpc) is 2.44. The highest BCUT2D eigenvalue weighted by Crippen LogP contribution is 2.24. The van der Waals surface area contributed by atoms with E-state index in [2.05, 4.69) is 26.1 Å². The van der Waals surface area contributed by atoms with Crippen LogP contribution in [0.25, 0.3) is 0 Å².